The number of ether oxygens (including phenoxy) is 1. The second-order valence-corrected chi connectivity index (χ2v) is 9.06. The maximum absolute atomic E-state index is 12.7. The van der Waals surface area contributed by atoms with Crippen LogP contribution in [0.25, 0.3) is 0 Å². The molecule has 0 aromatic heterocycles. The van der Waals surface area contributed by atoms with E-state index in [1.165, 1.54) is 0 Å². The van der Waals surface area contributed by atoms with E-state index >= 15 is 0 Å². The van der Waals surface area contributed by atoms with Crippen LogP contribution in [-0.2, 0) is 16.0 Å². The molecule has 2 amide bonds. The van der Waals surface area contributed by atoms with Crippen LogP contribution in [0.3, 0.4) is 0 Å². The summed E-state index contributed by atoms with van der Waals surface area (Å²) in [5.41, 5.74) is 5.62. The highest BCUT2D eigenvalue weighted by Crippen LogP contribution is 2.12. The van der Waals surface area contributed by atoms with Gasteiger partial charge >= 0.3 is 6.09 Å². The number of phenols is 1. The molecule has 0 saturated heterocycles. The Bertz CT molecular complexity index is 676. The number of carbonyl (C=O) groups is 2. The van der Waals surface area contributed by atoms with Gasteiger partial charge in [-0.25, -0.2) is 4.79 Å². The second kappa shape index (κ2) is 16.3. The van der Waals surface area contributed by atoms with E-state index in [9.17, 15) is 14.7 Å². The second-order valence-electron chi connectivity index (χ2n) is 9.06. The number of rotatable bonds is 16. The largest absolute Gasteiger partial charge is 0.508 e. The van der Waals surface area contributed by atoms with Gasteiger partial charge in [0.1, 0.15) is 17.4 Å². The van der Waals surface area contributed by atoms with Crippen LogP contribution in [0.4, 0.5) is 4.79 Å². The number of amides is 2. The Morgan fingerprint density at radius 3 is 2.09 bits per heavy atom. The Balaban J connectivity index is 2.35. The molecule has 0 spiro atoms. The van der Waals surface area contributed by atoms with E-state index in [0.29, 0.717) is 13.0 Å². The molecule has 1 rings (SSSR count). The highest BCUT2D eigenvalue weighted by atomic mass is 16.6. The van der Waals surface area contributed by atoms with E-state index in [4.69, 9.17) is 10.5 Å². The number of aromatic hydroxyl groups is 1. The highest BCUT2D eigenvalue weighted by molar-refractivity contribution is 5.86. The van der Waals surface area contributed by atoms with Crippen LogP contribution in [0.5, 0.6) is 5.75 Å². The first-order valence-corrected chi connectivity index (χ1v) is 11.9. The molecule has 1 atom stereocenters. The first-order chi connectivity index (χ1) is 15.7. The van der Waals surface area contributed by atoms with Crippen LogP contribution in [0.15, 0.2) is 24.3 Å². The summed E-state index contributed by atoms with van der Waals surface area (Å²) in [6.45, 7) is 10.3. The summed E-state index contributed by atoms with van der Waals surface area (Å²) in [6.07, 6.45) is 3.66. The zero-order valence-electron chi connectivity index (χ0n) is 20.4. The molecule has 188 valence electrons. The molecule has 1 aromatic rings. The molecular weight excluding hydrogens is 422 g/mol. The van der Waals surface area contributed by atoms with E-state index < -0.39 is 17.7 Å². The minimum atomic E-state index is -0.774. The number of phenolic OH excluding ortho intramolecular Hbond substituents is 1. The van der Waals surface area contributed by atoms with Crippen molar-refractivity contribution in [2.75, 3.05) is 39.3 Å². The third kappa shape index (κ3) is 15.2. The van der Waals surface area contributed by atoms with Crippen LogP contribution in [0, 0.1) is 0 Å². The number of hydrogen-bond acceptors (Lipinski definition) is 7. The molecule has 1 aromatic carbocycles. The summed E-state index contributed by atoms with van der Waals surface area (Å²) < 4.78 is 5.30. The van der Waals surface area contributed by atoms with Crippen LogP contribution in [0.1, 0.15) is 52.0 Å². The molecule has 0 aliphatic heterocycles. The molecule has 0 heterocycles. The average Bonchev–Trinajstić information content (AvgIpc) is 2.74. The lowest BCUT2D eigenvalue weighted by Crippen LogP contribution is -2.49. The van der Waals surface area contributed by atoms with Crippen molar-refractivity contribution in [3.63, 3.8) is 0 Å². The van der Waals surface area contributed by atoms with E-state index in [0.717, 1.165) is 64.0 Å². The quantitative estimate of drug-likeness (QED) is 0.204. The van der Waals surface area contributed by atoms with Crippen molar-refractivity contribution < 1.29 is 19.4 Å². The van der Waals surface area contributed by atoms with Gasteiger partial charge in [0.2, 0.25) is 5.91 Å². The van der Waals surface area contributed by atoms with Crippen LogP contribution in [-0.4, -0.2) is 68.0 Å². The lowest BCUT2D eigenvalue weighted by molar-refractivity contribution is -0.123. The van der Waals surface area contributed by atoms with Gasteiger partial charge in [0.05, 0.1) is 0 Å². The molecular formula is C24H43N5O4. The molecule has 9 nitrogen and oxygen atoms in total. The van der Waals surface area contributed by atoms with Gasteiger partial charge in [-0.3, -0.25) is 4.79 Å². The number of nitrogens with one attached hydrogen (secondary N) is 4. The summed E-state index contributed by atoms with van der Waals surface area (Å²) >= 11 is 0. The van der Waals surface area contributed by atoms with Crippen molar-refractivity contribution in [2.24, 2.45) is 5.73 Å². The van der Waals surface area contributed by atoms with Crippen molar-refractivity contribution in [3.8, 4) is 5.75 Å². The minimum Gasteiger partial charge on any atom is -0.508 e. The summed E-state index contributed by atoms with van der Waals surface area (Å²) in [5.74, 6) is -0.118. The number of hydrogen-bond donors (Lipinski definition) is 6. The van der Waals surface area contributed by atoms with E-state index in [1.807, 2.05) is 0 Å². The van der Waals surface area contributed by atoms with Crippen LogP contribution in [0.2, 0.25) is 0 Å². The third-order valence-corrected chi connectivity index (χ3v) is 4.73. The van der Waals surface area contributed by atoms with Crippen molar-refractivity contribution in [1.29, 1.82) is 0 Å². The molecule has 0 bridgehead atoms. The fraction of sp³-hybridized carbons (Fsp3) is 0.667. The third-order valence-electron chi connectivity index (χ3n) is 4.73. The molecule has 33 heavy (non-hydrogen) atoms. The smallest absolute Gasteiger partial charge is 0.408 e. The highest BCUT2D eigenvalue weighted by Gasteiger charge is 2.24. The van der Waals surface area contributed by atoms with Gasteiger partial charge < -0.3 is 36.8 Å². The molecule has 7 N–H and O–H groups in total. The van der Waals surface area contributed by atoms with Gasteiger partial charge in [0, 0.05) is 13.0 Å². The Kier molecular flexibility index (Phi) is 14.1. The predicted molar refractivity (Wildman–Crippen MR) is 131 cm³/mol. The summed E-state index contributed by atoms with van der Waals surface area (Å²) in [4.78, 5) is 25.0. The van der Waals surface area contributed by atoms with Gasteiger partial charge in [0.25, 0.3) is 0 Å². The number of alkyl carbamates (subject to hydrolysis) is 1. The molecule has 0 unspecified atom stereocenters. The molecule has 0 saturated carbocycles. The number of benzene rings is 1. The monoisotopic (exact) mass is 465 g/mol. The van der Waals surface area contributed by atoms with E-state index in [-0.39, 0.29) is 11.7 Å². The van der Waals surface area contributed by atoms with E-state index in [1.54, 1.807) is 45.0 Å². The Labute approximate surface area is 198 Å². The van der Waals surface area contributed by atoms with Crippen molar-refractivity contribution in [3.05, 3.63) is 29.8 Å². The van der Waals surface area contributed by atoms with Crippen molar-refractivity contribution >= 4 is 12.0 Å². The maximum atomic E-state index is 12.7. The summed E-state index contributed by atoms with van der Waals surface area (Å²) in [6, 6.07) is 5.79. The summed E-state index contributed by atoms with van der Waals surface area (Å²) in [5, 5.41) is 21.8. The normalized spacial score (nSPS) is 12.2. The van der Waals surface area contributed by atoms with E-state index in [2.05, 4.69) is 21.3 Å². The zero-order valence-corrected chi connectivity index (χ0v) is 20.4. The lowest BCUT2D eigenvalue weighted by atomic mass is 10.1. The molecule has 0 aliphatic carbocycles. The van der Waals surface area contributed by atoms with Gasteiger partial charge in [-0.15, -0.1) is 0 Å². The van der Waals surface area contributed by atoms with Crippen molar-refractivity contribution in [2.45, 2.75) is 64.5 Å². The number of unbranched alkanes of at least 4 members (excludes halogenated alkanes) is 1. The van der Waals surface area contributed by atoms with Gasteiger partial charge in [-0.05, 0) is 96.9 Å². The van der Waals surface area contributed by atoms with Gasteiger partial charge in [0.15, 0.2) is 0 Å². The fourth-order valence-electron chi connectivity index (χ4n) is 3.05. The fourth-order valence-corrected chi connectivity index (χ4v) is 3.05. The standard InChI is InChI=1S/C24H43N5O4/c1-24(2,3)33-23(32)29-21(18-19-8-10-20(30)11-9-19)22(31)28-17-7-16-27-14-5-4-13-26-15-6-12-25/h8-11,21,26-27,30H,4-7,12-18,25H2,1-3H3,(H,28,31)(H,29,32)/t21-/m0/s1. The Morgan fingerprint density at radius 1 is 0.939 bits per heavy atom. The topological polar surface area (TPSA) is 138 Å². The molecule has 0 fully saturated rings. The van der Waals surface area contributed by atoms with Crippen LogP contribution >= 0.6 is 0 Å². The van der Waals surface area contributed by atoms with Gasteiger partial charge in [-0.2, -0.15) is 0 Å². The first-order valence-electron chi connectivity index (χ1n) is 11.9. The molecule has 0 radical (unpaired) electrons. The van der Waals surface area contributed by atoms with Gasteiger partial charge in [-0.1, -0.05) is 12.1 Å². The Hall–Kier alpha value is -2.36. The Morgan fingerprint density at radius 2 is 1.52 bits per heavy atom. The minimum absolute atomic E-state index is 0.148. The van der Waals surface area contributed by atoms with Crippen molar-refractivity contribution in [1.82, 2.24) is 21.3 Å². The SMILES string of the molecule is CC(C)(C)OC(=O)N[C@@H](Cc1ccc(O)cc1)C(=O)NCCCNCCCCNCCCN. The number of carbonyl (C=O) groups excluding carboxylic acids is 2. The summed E-state index contributed by atoms with van der Waals surface area (Å²) in [7, 11) is 0. The molecule has 9 heteroatoms. The predicted octanol–water partition coefficient (Wildman–Crippen LogP) is 1.64. The zero-order chi connectivity index (χ0) is 24.5. The number of nitrogens with two attached hydrogens (primary N) is 1. The van der Waals surface area contributed by atoms with Crippen LogP contribution < -0.4 is 27.0 Å². The molecule has 0 aliphatic rings. The average molecular weight is 466 g/mol. The maximum Gasteiger partial charge on any atom is 0.408 e. The lowest BCUT2D eigenvalue weighted by Gasteiger charge is -2.23. The first kappa shape index (κ1) is 28.7.